The molecule has 4 aromatic carbocycles. The molecule has 4 aromatic rings. The molecule has 0 fully saturated rings. The molecule has 0 aliphatic rings. The fraction of sp³-hybridized carbons (Fsp3) is 0.188. The van der Waals surface area contributed by atoms with E-state index in [4.69, 9.17) is 14.2 Å². The van der Waals surface area contributed by atoms with Gasteiger partial charge in [-0.1, -0.05) is 42.5 Å². The number of hydrogen-bond donors (Lipinski definition) is 2. The van der Waals surface area contributed by atoms with E-state index in [2.05, 4.69) is 5.32 Å². The smallest absolute Gasteiger partial charge is 0.348 e. The number of carbonyl (C=O) groups excluding carboxylic acids is 1. The molecule has 0 radical (unpaired) electrons. The van der Waals surface area contributed by atoms with Crippen LogP contribution in [0.1, 0.15) is 18.1 Å². The molecule has 0 aliphatic carbocycles. The van der Waals surface area contributed by atoms with Gasteiger partial charge in [0.15, 0.2) is 6.61 Å². The lowest BCUT2D eigenvalue weighted by Crippen LogP contribution is -2.43. The Morgan fingerprint density at radius 2 is 1.35 bits per heavy atom. The van der Waals surface area contributed by atoms with Crippen LogP contribution in [0.15, 0.2) is 103 Å². The van der Waals surface area contributed by atoms with Crippen molar-refractivity contribution >= 4 is 11.9 Å². The predicted octanol–water partition coefficient (Wildman–Crippen LogP) is 5.82. The average molecular weight is 544 g/mol. The van der Waals surface area contributed by atoms with E-state index < -0.39 is 17.4 Å². The summed E-state index contributed by atoms with van der Waals surface area (Å²) in [5.74, 6) is 0.409. The van der Waals surface area contributed by atoms with Crippen molar-refractivity contribution in [3.8, 4) is 23.0 Å². The van der Waals surface area contributed by atoms with Crippen LogP contribution in [-0.4, -0.2) is 35.7 Å². The summed E-state index contributed by atoms with van der Waals surface area (Å²) in [7, 11) is 0. The summed E-state index contributed by atoms with van der Waals surface area (Å²) in [6.45, 7) is 1.77. The lowest BCUT2D eigenvalue weighted by molar-refractivity contribution is -0.153. The predicted molar refractivity (Wildman–Crippen MR) is 148 cm³/mol. The number of carboxylic acid groups (broad SMARTS) is 1. The number of carbonyl (C=O) groups is 2. The second kappa shape index (κ2) is 13.3. The molecule has 0 spiro atoms. The van der Waals surface area contributed by atoms with E-state index in [9.17, 15) is 19.1 Å². The number of para-hydroxylation sites is 1. The van der Waals surface area contributed by atoms with Crippen LogP contribution in [0.3, 0.4) is 0 Å². The van der Waals surface area contributed by atoms with Crippen molar-refractivity contribution in [2.75, 3.05) is 13.2 Å². The van der Waals surface area contributed by atoms with Gasteiger partial charge in [-0.15, -0.1) is 0 Å². The van der Waals surface area contributed by atoms with Crippen molar-refractivity contribution in [1.29, 1.82) is 0 Å². The van der Waals surface area contributed by atoms with Gasteiger partial charge in [0.05, 0.1) is 0 Å². The van der Waals surface area contributed by atoms with E-state index in [1.165, 1.54) is 31.2 Å². The molecule has 206 valence electrons. The summed E-state index contributed by atoms with van der Waals surface area (Å²) >= 11 is 0. The third-order valence-electron chi connectivity index (χ3n) is 6.08. The minimum atomic E-state index is -1.56. The van der Waals surface area contributed by atoms with Crippen molar-refractivity contribution in [2.24, 2.45) is 0 Å². The lowest BCUT2D eigenvalue weighted by Gasteiger charge is -2.26. The molecule has 0 bridgehead atoms. The van der Waals surface area contributed by atoms with Crippen LogP contribution in [0.4, 0.5) is 4.39 Å². The zero-order chi connectivity index (χ0) is 28.4. The molecule has 0 saturated heterocycles. The van der Waals surface area contributed by atoms with Crippen molar-refractivity contribution in [1.82, 2.24) is 5.32 Å². The van der Waals surface area contributed by atoms with Crippen LogP contribution < -0.4 is 19.5 Å². The van der Waals surface area contributed by atoms with E-state index in [0.717, 1.165) is 17.1 Å². The molecule has 40 heavy (non-hydrogen) atoms. The van der Waals surface area contributed by atoms with E-state index in [1.807, 2.05) is 54.6 Å². The van der Waals surface area contributed by atoms with Gasteiger partial charge in [0.2, 0.25) is 5.60 Å². The topological polar surface area (TPSA) is 94.1 Å². The second-order valence-electron chi connectivity index (χ2n) is 9.36. The molecule has 8 heteroatoms. The average Bonchev–Trinajstić information content (AvgIpc) is 2.95. The zero-order valence-corrected chi connectivity index (χ0v) is 22.0. The number of hydrogen-bond acceptors (Lipinski definition) is 5. The van der Waals surface area contributed by atoms with Gasteiger partial charge in [-0.05, 0) is 85.1 Å². The lowest BCUT2D eigenvalue weighted by atomic mass is 9.96. The van der Waals surface area contributed by atoms with Crippen LogP contribution in [0.2, 0.25) is 0 Å². The fourth-order valence-corrected chi connectivity index (χ4v) is 3.91. The molecule has 1 atom stereocenters. The monoisotopic (exact) mass is 543 g/mol. The van der Waals surface area contributed by atoms with E-state index in [1.54, 1.807) is 24.3 Å². The van der Waals surface area contributed by atoms with Crippen molar-refractivity contribution < 1.29 is 33.3 Å². The van der Waals surface area contributed by atoms with E-state index >= 15 is 0 Å². The molecule has 0 aliphatic heterocycles. The van der Waals surface area contributed by atoms with Gasteiger partial charge in [-0.3, -0.25) is 4.79 Å². The van der Waals surface area contributed by atoms with Gasteiger partial charge in [0, 0.05) is 13.0 Å². The van der Waals surface area contributed by atoms with Gasteiger partial charge < -0.3 is 24.6 Å². The van der Waals surface area contributed by atoms with Crippen molar-refractivity contribution in [3.63, 3.8) is 0 Å². The first-order valence-corrected chi connectivity index (χ1v) is 12.8. The summed E-state index contributed by atoms with van der Waals surface area (Å²) in [6, 6.07) is 29.2. The number of aliphatic carboxylic acids is 1. The SMILES string of the molecule is CC(Cc1ccc(OCC(=O)NCCc2ccc(Oc3ccccc3)cc2)cc1)(Oc1ccc(F)cc1)C(=O)O. The highest BCUT2D eigenvalue weighted by molar-refractivity contribution is 5.78. The maximum atomic E-state index is 13.2. The third-order valence-corrected chi connectivity index (χ3v) is 6.08. The standard InChI is InChI=1S/C32H30FNO6/c1-32(31(36)37,40-29-17-11-25(33)12-18-29)21-24-9-13-26(14-10-24)38-22-30(35)34-20-19-23-7-15-28(16-8-23)39-27-5-3-2-4-6-27/h2-18H,19-22H2,1H3,(H,34,35)(H,36,37). The molecule has 7 nitrogen and oxygen atoms in total. The number of rotatable bonds is 13. The molecular weight excluding hydrogens is 513 g/mol. The van der Waals surface area contributed by atoms with E-state index in [-0.39, 0.29) is 24.7 Å². The Morgan fingerprint density at radius 3 is 2.00 bits per heavy atom. The Morgan fingerprint density at radius 1 is 0.775 bits per heavy atom. The first-order valence-electron chi connectivity index (χ1n) is 12.8. The normalized spacial score (nSPS) is 12.2. The molecule has 1 amide bonds. The molecule has 1 unspecified atom stereocenters. The molecule has 2 N–H and O–H groups in total. The first kappa shape index (κ1) is 28.2. The maximum absolute atomic E-state index is 13.2. The van der Waals surface area contributed by atoms with Crippen LogP contribution in [0.5, 0.6) is 23.0 Å². The molecule has 0 saturated carbocycles. The molecule has 4 rings (SSSR count). The maximum Gasteiger partial charge on any atom is 0.348 e. The zero-order valence-electron chi connectivity index (χ0n) is 22.0. The fourth-order valence-electron chi connectivity index (χ4n) is 3.91. The van der Waals surface area contributed by atoms with Gasteiger partial charge >= 0.3 is 5.97 Å². The van der Waals surface area contributed by atoms with Crippen molar-refractivity contribution in [2.45, 2.75) is 25.4 Å². The quantitative estimate of drug-likeness (QED) is 0.221. The Hall–Kier alpha value is -4.85. The highest BCUT2D eigenvalue weighted by Crippen LogP contribution is 2.25. The van der Waals surface area contributed by atoms with E-state index in [0.29, 0.717) is 24.3 Å². The Balaban J connectivity index is 1.20. The number of benzene rings is 4. The van der Waals surface area contributed by atoms with Gasteiger partial charge in [-0.25, -0.2) is 9.18 Å². The molecule has 0 aromatic heterocycles. The summed E-state index contributed by atoms with van der Waals surface area (Å²) < 4.78 is 30.2. The number of ether oxygens (including phenoxy) is 3. The first-order chi connectivity index (χ1) is 19.3. The molecule has 0 heterocycles. The summed E-state index contributed by atoms with van der Waals surface area (Å²) in [4.78, 5) is 24.2. The third kappa shape index (κ3) is 8.33. The number of nitrogens with one attached hydrogen (secondary N) is 1. The Bertz CT molecular complexity index is 1390. The van der Waals surface area contributed by atoms with Crippen LogP contribution in [0.25, 0.3) is 0 Å². The highest BCUT2D eigenvalue weighted by atomic mass is 19.1. The number of carboxylic acids is 1. The Kier molecular flexibility index (Phi) is 9.35. The van der Waals surface area contributed by atoms with Crippen LogP contribution >= 0.6 is 0 Å². The number of amides is 1. The summed E-state index contributed by atoms with van der Waals surface area (Å²) in [6.07, 6.45) is 0.730. The van der Waals surface area contributed by atoms with Gasteiger partial charge in [0.1, 0.15) is 28.8 Å². The van der Waals surface area contributed by atoms with Gasteiger partial charge in [0.25, 0.3) is 5.91 Å². The summed E-state index contributed by atoms with van der Waals surface area (Å²) in [5.41, 5.74) is 0.202. The van der Waals surface area contributed by atoms with Crippen LogP contribution in [0, 0.1) is 5.82 Å². The van der Waals surface area contributed by atoms with Gasteiger partial charge in [-0.2, -0.15) is 0 Å². The minimum Gasteiger partial charge on any atom is -0.484 e. The summed E-state index contributed by atoms with van der Waals surface area (Å²) in [5, 5.41) is 12.6. The second-order valence-corrected chi connectivity index (χ2v) is 9.36. The minimum absolute atomic E-state index is 0.0693. The highest BCUT2D eigenvalue weighted by Gasteiger charge is 2.36. The van der Waals surface area contributed by atoms with Crippen LogP contribution in [-0.2, 0) is 22.4 Å². The molecular formula is C32H30FNO6. The Labute approximate surface area is 232 Å². The number of halogens is 1. The van der Waals surface area contributed by atoms with Crippen molar-refractivity contribution in [3.05, 3.63) is 120 Å². The largest absolute Gasteiger partial charge is 0.484 e.